The molecule has 0 aromatic heterocycles. The van der Waals surface area contributed by atoms with Gasteiger partial charge in [-0.2, -0.15) is 0 Å². The number of nitrogens with one attached hydrogen (secondary N) is 1. The van der Waals surface area contributed by atoms with Crippen molar-refractivity contribution < 1.29 is 23.8 Å². The Morgan fingerprint density at radius 1 is 1.48 bits per heavy atom. The molecule has 1 aliphatic rings. The summed E-state index contributed by atoms with van der Waals surface area (Å²) in [4.78, 5) is 24.8. The number of hydrogen-bond acceptors (Lipinski definition) is 3. The van der Waals surface area contributed by atoms with Crippen molar-refractivity contribution in [1.82, 2.24) is 4.90 Å². The molecule has 1 aliphatic heterocycles. The van der Waals surface area contributed by atoms with Crippen molar-refractivity contribution in [3.05, 3.63) is 24.0 Å². The van der Waals surface area contributed by atoms with E-state index in [1.165, 1.54) is 12.1 Å². The average Bonchev–Trinajstić information content (AvgIpc) is 2.47. The van der Waals surface area contributed by atoms with Crippen molar-refractivity contribution in [3.8, 4) is 5.75 Å². The van der Waals surface area contributed by atoms with Crippen molar-refractivity contribution in [2.75, 3.05) is 11.9 Å². The second-order valence-electron chi connectivity index (χ2n) is 5.78. The van der Waals surface area contributed by atoms with Gasteiger partial charge in [0.15, 0.2) is 0 Å². The molecule has 0 saturated carbocycles. The SMILES string of the molecule is CC(C)(C)N(C(=O)O)C1COc2ccc(F)cc2NC1=O. The van der Waals surface area contributed by atoms with Crippen molar-refractivity contribution in [2.45, 2.75) is 32.4 Å². The number of rotatable bonds is 1. The van der Waals surface area contributed by atoms with Crippen LogP contribution in [-0.4, -0.2) is 40.2 Å². The first-order valence-electron chi connectivity index (χ1n) is 6.45. The van der Waals surface area contributed by atoms with Gasteiger partial charge < -0.3 is 15.2 Å². The second-order valence-corrected chi connectivity index (χ2v) is 5.78. The number of ether oxygens (including phenoxy) is 1. The van der Waals surface area contributed by atoms with E-state index in [0.29, 0.717) is 5.75 Å². The van der Waals surface area contributed by atoms with Gasteiger partial charge >= 0.3 is 6.09 Å². The van der Waals surface area contributed by atoms with Crippen LogP contribution >= 0.6 is 0 Å². The summed E-state index contributed by atoms with van der Waals surface area (Å²) in [6.07, 6.45) is -1.22. The molecule has 114 valence electrons. The topological polar surface area (TPSA) is 78.9 Å². The van der Waals surface area contributed by atoms with E-state index in [-0.39, 0.29) is 12.3 Å². The van der Waals surface area contributed by atoms with Crippen LogP contribution in [0.3, 0.4) is 0 Å². The Balaban J connectivity index is 2.33. The second kappa shape index (κ2) is 5.23. The van der Waals surface area contributed by atoms with Gasteiger partial charge in [0.05, 0.1) is 5.69 Å². The van der Waals surface area contributed by atoms with Gasteiger partial charge in [0.25, 0.3) is 5.91 Å². The van der Waals surface area contributed by atoms with E-state index >= 15 is 0 Å². The number of halogens is 1. The average molecular weight is 296 g/mol. The summed E-state index contributed by atoms with van der Waals surface area (Å²) in [7, 11) is 0. The van der Waals surface area contributed by atoms with Crippen LogP contribution in [0.5, 0.6) is 5.75 Å². The molecule has 0 radical (unpaired) electrons. The first kappa shape index (κ1) is 15.1. The van der Waals surface area contributed by atoms with Crippen LogP contribution in [0.2, 0.25) is 0 Å². The molecule has 2 rings (SSSR count). The zero-order valence-corrected chi connectivity index (χ0v) is 12.0. The van der Waals surface area contributed by atoms with E-state index in [9.17, 15) is 19.1 Å². The minimum absolute atomic E-state index is 0.131. The maximum absolute atomic E-state index is 13.2. The summed E-state index contributed by atoms with van der Waals surface area (Å²) in [5.74, 6) is -0.745. The van der Waals surface area contributed by atoms with Crippen LogP contribution in [-0.2, 0) is 4.79 Å². The summed E-state index contributed by atoms with van der Waals surface area (Å²) in [5, 5.41) is 11.9. The minimum Gasteiger partial charge on any atom is -0.489 e. The zero-order chi connectivity index (χ0) is 15.8. The lowest BCUT2D eigenvalue weighted by atomic mass is 10.0. The third-order valence-electron chi connectivity index (χ3n) is 3.14. The van der Waals surface area contributed by atoms with Gasteiger partial charge in [0.2, 0.25) is 0 Å². The van der Waals surface area contributed by atoms with Gasteiger partial charge in [-0.3, -0.25) is 9.69 Å². The highest BCUT2D eigenvalue weighted by Crippen LogP contribution is 2.30. The third kappa shape index (κ3) is 3.07. The van der Waals surface area contributed by atoms with E-state index in [4.69, 9.17) is 4.74 Å². The molecule has 21 heavy (non-hydrogen) atoms. The van der Waals surface area contributed by atoms with Gasteiger partial charge in [-0.25, -0.2) is 9.18 Å². The van der Waals surface area contributed by atoms with Crippen molar-refractivity contribution >= 4 is 17.7 Å². The van der Waals surface area contributed by atoms with Crippen LogP contribution in [0.4, 0.5) is 14.9 Å². The number of benzene rings is 1. The fraction of sp³-hybridized carbons (Fsp3) is 0.429. The predicted octanol–water partition coefficient (Wildman–Crippen LogP) is 2.30. The molecule has 7 heteroatoms. The van der Waals surface area contributed by atoms with Crippen LogP contribution in [0.15, 0.2) is 18.2 Å². The first-order valence-corrected chi connectivity index (χ1v) is 6.45. The summed E-state index contributed by atoms with van der Waals surface area (Å²) < 4.78 is 18.7. The Labute approximate surface area is 121 Å². The number of anilines is 1. The highest BCUT2D eigenvalue weighted by molar-refractivity contribution is 5.98. The van der Waals surface area contributed by atoms with E-state index in [1.54, 1.807) is 20.8 Å². The minimum atomic E-state index is -1.22. The fourth-order valence-electron chi connectivity index (χ4n) is 2.27. The number of nitrogens with zero attached hydrogens (tertiary/aromatic N) is 1. The molecule has 0 spiro atoms. The lowest BCUT2D eigenvalue weighted by Crippen LogP contribution is -2.57. The monoisotopic (exact) mass is 296 g/mol. The molecule has 2 N–H and O–H groups in total. The van der Waals surface area contributed by atoms with E-state index in [0.717, 1.165) is 11.0 Å². The number of carbonyl (C=O) groups is 2. The highest BCUT2D eigenvalue weighted by Gasteiger charge is 2.39. The van der Waals surface area contributed by atoms with Crippen molar-refractivity contribution in [2.24, 2.45) is 0 Å². The van der Waals surface area contributed by atoms with Crippen LogP contribution in [0.25, 0.3) is 0 Å². The molecule has 1 unspecified atom stereocenters. The lowest BCUT2D eigenvalue weighted by Gasteiger charge is -2.37. The van der Waals surface area contributed by atoms with E-state index < -0.39 is 29.4 Å². The van der Waals surface area contributed by atoms with Gasteiger partial charge in [0, 0.05) is 11.6 Å². The summed E-state index contributed by atoms with van der Waals surface area (Å²) >= 11 is 0. The lowest BCUT2D eigenvalue weighted by molar-refractivity contribution is -0.123. The molecular formula is C14H17FN2O4. The van der Waals surface area contributed by atoms with Crippen LogP contribution in [0.1, 0.15) is 20.8 Å². The first-order chi connectivity index (χ1) is 9.70. The highest BCUT2D eigenvalue weighted by atomic mass is 19.1. The molecule has 1 atom stereocenters. The smallest absolute Gasteiger partial charge is 0.408 e. The fourth-order valence-corrected chi connectivity index (χ4v) is 2.27. The molecule has 0 bridgehead atoms. The molecule has 1 heterocycles. The van der Waals surface area contributed by atoms with Crippen LogP contribution < -0.4 is 10.1 Å². The number of fused-ring (bicyclic) bond motifs is 1. The quantitative estimate of drug-likeness (QED) is 0.833. The van der Waals surface area contributed by atoms with Gasteiger partial charge in [-0.15, -0.1) is 0 Å². The zero-order valence-electron chi connectivity index (χ0n) is 12.0. The largest absolute Gasteiger partial charge is 0.489 e. The summed E-state index contributed by atoms with van der Waals surface area (Å²) in [5.41, 5.74) is -0.583. The van der Waals surface area contributed by atoms with E-state index in [1.807, 2.05) is 0 Å². The third-order valence-corrected chi connectivity index (χ3v) is 3.14. The Hall–Kier alpha value is -2.31. The standard InChI is InChI=1S/C14H17FN2O4/c1-14(2,3)17(13(19)20)10-7-21-11-5-4-8(15)6-9(11)16-12(10)18/h4-6,10H,7H2,1-3H3,(H,16,18)(H,19,20). The summed E-state index contributed by atoms with van der Waals surface area (Å²) in [6, 6.07) is 2.73. The molecule has 6 nitrogen and oxygen atoms in total. The van der Waals surface area contributed by atoms with E-state index in [2.05, 4.69) is 5.32 Å². The molecule has 0 fully saturated rings. The Morgan fingerprint density at radius 3 is 2.71 bits per heavy atom. The molecule has 2 amide bonds. The molecule has 1 aromatic carbocycles. The number of amides is 2. The van der Waals surface area contributed by atoms with Gasteiger partial charge in [-0.05, 0) is 32.9 Å². The van der Waals surface area contributed by atoms with Gasteiger partial charge in [0.1, 0.15) is 24.2 Å². The maximum Gasteiger partial charge on any atom is 0.408 e. The molecule has 0 saturated heterocycles. The normalized spacial score (nSPS) is 18.1. The molecular weight excluding hydrogens is 279 g/mol. The maximum atomic E-state index is 13.2. The molecule has 1 aromatic rings. The number of hydrogen-bond donors (Lipinski definition) is 2. The van der Waals surface area contributed by atoms with Crippen molar-refractivity contribution in [1.29, 1.82) is 0 Å². The van der Waals surface area contributed by atoms with Crippen molar-refractivity contribution in [3.63, 3.8) is 0 Å². The summed E-state index contributed by atoms with van der Waals surface area (Å²) in [6.45, 7) is 4.93. The Bertz CT molecular complexity index is 583. The number of carbonyl (C=O) groups excluding carboxylic acids is 1. The Morgan fingerprint density at radius 2 is 2.14 bits per heavy atom. The predicted molar refractivity (Wildman–Crippen MR) is 73.9 cm³/mol. The number of carboxylic acid groups (broad SMARTS) is 1. The van der Waals surface area contributed by atoms with Crippen LogP contribution in [0, 0.1) is 5.82 Å². The Kier molecular flexibility index (Phi) is 3.76. The molecule has 0 aliphatic carbocycles. The van der Waals surface area contributed by atoms with Gasteiger partial charge in [-0.1, -0.05) is 0 Å².